The van der Waals surface area contributed by atoms with E-state index in [0.29, 0.717) is 17.7 Å². The van der Waals surface area contributed by atoms with Gasteiger partial charge in [0.1, 0.15) is 0 Å². The highest BCUT2D eigenvalue weighted by Crippen LogP contribution is 2.30. The largest absolute Gasteiger partial charge is 0.356 e. The van der Waals surface area contributed by atoms with E-state index in [1.54, 1.807) is 25.2 Å². The van der Waals surface area contributed by atoms with Crippen LogP contribution in [0.3, 0.4) is 0 Å². The van der Waals surface area contributed by atoms with E-state index >= 15 is 0 Å². The zero-order valence-electron chi connectivity index (χ0n) is 16.9. The van der Waals surface area contributed by atoms with Crippen molar-refractivity contribution < 1.29 is 26.4 Å². The van der Waals surface area contributed by atoms with Crippen LogP contribution >= 0.6 is 0 Å². The summed E-state index contributed by atoms with van der Waals surface area (Å²) in [5.41, 5.74) is 2.16. The smallest absolute Gasteiger partial charge is 0.238 e. The molecule has 0 unspecified atom stereocenters. The predicted molar refractivity (Wildman–Crippen MR) is 115 cm³/mol. The van der Waals surface area contributed by atoms with Crippen LogP contribution in [0.15, 0.2) is 52.3 Å². The minimum atomic E-state index is -3.75. The minimum absolute atomic E-state index is 0.00746. The first-order chi connectivity index (χ1) is 14.5. The van der Waals surface area contributed by atoms with Crippen molar-refractivity contribution in [3.63, 3.8) is 0 Å². The molecule has 0 saturated heterocycles. The van der Waals surface area contributed by atoms with Crippen molar-refractivity contribution in [2.24, 2.45) is 5.14 Å². The molecule has 0 spiro atoms. The molecule has 9 nitrogen and oxygen atoms in total. The molecule has 0 bridgehead atoms. The van der Waals surface area contributed by atoms with E-state index in [9.17, 15) is 26.4 Å². The third-order valence-corrected chi connectivity index (χ3v) is 7.72. The van der Waals surface area contributed by atoms with E-state index in [-0.39, 0.29) is 40.8 Å². The predicted octanol–water partition coefficient (Wildman–Crippen LogP) is 0.376. The average molecular weight is 466 g/mol. The molecule has 3 N–H and O–H groups in total. The van der Waals surface area contributed by atoms with Crippen LogP contribution in [0.2, 0.25) is 0 Å². The molecule has 0 saturated carbocycles. The average Bonchev–Trinajstić information content (AvgIpc) is 2.99. The third kappa shape index (κ3) is 5.49. The molecule has 2 aromatic rings. The van der Waals surface area contributed by atoms with Crippen LogP contribution < -0.4 is 15.4 Å². The van der Waals surface area contributed by atoms with Gasteiger partial charge in [-0.25, -0.2) is 22.0 Å². The fraction of sp³-hybridized carbons (Fsp3) is 0.300. The van der Waals surface area contributed by atoms with Gasteiger partial charge in [0.15, 0.2) is 9.84 Å². The van der Waals surface area contributed by atoms with Crippen LogP contribution in [0.4, 0.5) is 5.69 Å². The van der Waals surface area contributed by atoms with Crippen molar-refractivity contribution in [1.29, 1.82) is 0 Å². The highest BCUT2D eigenvalue weighted by atomic mass is 32.2. The van der Waals surface area contributed by atoms with Gasteiger partial charge >= 0.3 is 0 Å². The first kappa shape index (κ1) is 22.9. The third-order valence-electron chi connectivity index (χ3n) is 5.07. The van der Waals surface area contributed by atoms with Gasteiger partial charge in [-0.3, -0.25) is 9.59 Å². The summed E-state index contributed by atoms with van der Waals surface area (Å²) in [4.78, 5) is 25.4. The number of nitrogens with one attached hydrogen (secondary N) is 1. The van der Waals surface area contributed by atoms with E-state index in [0.717, 1.165) is 5.56 Å². The lowest BCUT2D eigenvalue weighted by Crippen LogP contribution is -2.27. The molecule has 0 fully saturated rings. The molecule has 2 amide bonds. The fourth-order valence-corrected chi connectivity index (χ4v) is 5.07. The van der Waals surface area contributed by atoms with Gasteiger partial charge in [-0.2, -0.15) is 0 Å². The number of sulfonamides is 1. The molecular formula is C20H23N3O6S2. The lowest BCUT2D eigenvalue weighted by atomic mass is 10.1. The summed E-state index contributed by atoms with van der Waals surface area (Å²) in [5.74, 6) is -0.839. The Kier molecular flexibility index (Phi) is 6.48. The SMILES string of the molecule is CN1C(=O)Cc2cc(S(=O)(=O)CCC(=O)NCCc3ccc(S(N)(=O)=O)cc3)ccc21. The maximum Gasteiger partial charge on any atom is 0.238 e. The van der Waals surface area contributed by atoms with Gasteiger partial charge < -0.3 is 10.2 Å². The Morgan fingerprint density at radius 1 is 1.06 bits per heavy atom. The van der Waals surface area contributed by atoms with Gasteiger partial charge in [0.25, 0.3) is 0 Å². The zero-order chi connectivity index (χ0) is 22.8. The number of nitrogens with zero attached hydrogens (tertiary/aromatic N) is 1. The normalized spacial score (nSPS) is 13.9. The van der Waals surface area contributed by atoms with E-state index in [4.69, 9.17) is 5.14 Å². The quantitative estimate of drug-likeness (QED) is 0.577. The highest BCUT2D eigenvalue weighted by Gasteiger charge is 2.26. The Balaban J connectivity index is 1.50. The highest BCUT2D eigenvalue weighted by molar-refractivity contribution is 7.91. The molecule has 31 heavy (non-hydrogen) atoms. The lowest BCUT2D eigenvalue weighted by molar-refractivity contribution is -0.120. The number of carbonyl (C=O) groups is 2. The Bertz CT molecular complexity index is 1220. The van der Waals surface area contributed by atoms with Crippen molar-refractivity contribution in [3.05, 3.63) is 53.6 Å². The Morgan fingerprint density at radius 3 is 2.35 bits per heavy atom. The number of likely N-dealkylation sites (N-methyl/N-ethyl adjacent to an activating group) is 1. The summed E-state index contributed by atoms with van der Waals surface area (Å²) in [6, 6.07) is 10.5. The number of hydrogen-bond donors (Lipinski definition) is 2. The minimum Gasteiger partial charge on any atom is -0.356 e. The number of amides is 2. The molecule has 0 atom stereocenters. The number of carbonyl (C=O) groups excluding carboxylic acids is 2. The first-order valence-corrected chi connectivity index (χ1v) is 12.7. The van der Waals surface area contributed by atoms with Crippen LogP contribution in [0, 0.1) is 0 Å². The van der Waals surface area contributed by atoms with E-state index in [2.05, 4.69) is 5.32 Å². The van der Waals surface area contributed by atoms with Crippen molar-refractivity contribution >= 4 is 37.4 Å². The maximum atomic E-state index is 12.6. The summed E-state index contributed by atoms with van der Waals surface area (Å²) in [5, 5.41) is 7.70. The van der Waals surface area contributed by atoms with Gasteiger partial charge in [0.05, 0.1) is 22.0 Å². The first-order valence-electron chi connectivity index (χ1n) is 9.48. The van der Waals surface area contributed by atoms with Crippen molar-refractivity contribution in [3.8, 4) is 0 Å². The topological polar surface area (TPSA) is 144 Å². The molecular weight excluding hydrogens is 442 g/mol. The Morgan fingerprint density at radius 2 is 1.71 bits per heavy atom. The number of primary sulfonamides is 1. The van der Waals surface area contributed by atoms with Gasteiger partial charge in [-0.15, -0.1) is 0 Å². The van der Waals surface area contributed by atoms with E-state index in [1.165, 1.54) is 29.2 Å². The molecule has 11 heteroatoms. The van der Waals surface area contributed by atoms with Crippen LogP contribution in [0.25, 0.3) is 0 Å². The molecule has 0 aliphatic carbocycles. The maximum absolute atomic E-state index is 12.6. The van der Waals surface area contributed by atoms with Crippen LogP contribution in [-0.4, -0.2) is 48.0 Å². The standard InChI is InChI=1S/C20H23N3O6S2/c1-23-18-7-6-17(12-15(18)13-20(23)25)30(26,27)11-9-19(24)22-10-8-14-2-4-16(5-3-14)31(21,28)29/h2-7,12H,8-11,13H2,1H3,(H,22,24)(H2,21,28,29). The number of anilines is 1. The van der Waals surface area contributed by atoms with Crippen molar-refractivity contribution in [2.45, 2.75) is 29.1 Å². The molecule has 2 aromatic carbocycles. The van der Waals surface area contributed by atoms with E-state index in [1.807, 2.05) is 0 Å². The second-order valence-electron chi connectivity index (χ2n) is 7.28. The van der Waals surface area contributed by atoms with Crippen molar-refractivity contribution in [2.75, 3.05) is 24.2 Å². The fourth-order valence-electron chi connectivity index (χ4n) is 3.27. The molecule has 1 aliphatic heterocycles. The monoisotopic (exact) mass is 465 g/mol. The summed E-state index contributed by atoms with van der Waals surface area (Å²) in [6.45, 7) is 0.279. The van der Waals surface area contributed by atoms with Gasteiger partial charge in [-0.05, 0) is 47.9 Å². The van der Waals surface area contributed by atoms with Crippen LogP contribution in [0.5, 0.6) is 0 Å². The molecule has 166 valence electrons. The number of fused-ring (bicyclic) bond motifs is 1. The van der Waals surface area contributed by atoms with Crippen molar-refractivity contribution in [1.82, 2.24) is 5.32 Å². The Labute approximate surface area is 181 Å². The summed E-state index contributed by atoms with van der Waals surface area (Å²) in [7, 11) is -5.78. The summed E-state index contributed by atoms with van der Waals surface area (Å²) >= 11 is 0. The summed E-state index contributed by atoms with van der Waals surface area (Å²) < 4.78 is 47.6. The van der Waals surface area contributed by atoms with Gasteiger partial charge in [0, 0.05) is 25.7 Å². The molecule has 0 radical (unpaired) electrons. The summed E-state index contributed by atoms with van der Waals surface area (Å²) in [6.07, 6.45) is 0.423. The second-order valence-corrected chi connectivity index (χ2v) is 10.9. The van der Waals surface area contributed by atoms with Crippen LogP contribution in [0.1, 0.15) is 17.5 Å². The molecule has 3 rings (SSSR count). The second kappa shape index (κ2) is 8.77. The van der Waals surface area contributed by atoms with E-state index < -0.39 is 25.8 Å². The molecule has 1 heterocycles. The van der Waals surface area contributed by atoms with Gasteiger partial charge in [0.2, 0.25) is 21.8 Å². The number of nitrogens with two attached hydrogens (primary N) is 1. The number of benzene rings is 2. The number of sulfone groups is 1. The molecule has 0 aromatic heterocycles. The van der Waals surface area contributed by atoms with Crippen LogP contribution in [-0.2, 0) is 42.3 Å². The molecule has 1 aliphatic rings. The van der Waals surface area contributed by atoms with Gasteiger partial charge in [-0.1, -0.05) is 12.1 Å². The Hall–Kier alpha value is -2.76. The lowest BCUT2D eigenvalue weighted by Gasteiger charge is -2.11. The number of rotatable bonds is 8. The zero-order valence-corrected chi connectivity index (χ0v) is 18.5. The number of hydrogen-bond acceptors (Lipinski definition) is 6.